The fraction of sp³-hybridized carbons (Fsp3) is 0.500. The van der Waals surface area contributed by atoms with Crippen molar-refractivity contribution < 1.29 is 132 Å². The second-order valence-corrected chi connectivity index (χ2v) is 5.96. The Morgan fingerprint density at radius 3 is 2.37 bits per heavy atom. The van der Waals surface area contributed by atoms with Gasteiger partial charge in [0.05, 0.1) is 26.0 Å². The molecule has 0 saturated carbocycles. The molecule has 1 aromatic rings. The monoisotopic (exact) mass is 433 g/mol. The summed E-state index contributed by atoms with van der Waals surface area (Å²) in [5.74, 6) is -2.37. The van der Waals surface area contributed by atoms with E-state index in [0.29, 0.717) is 10.8 Å². The van der Waals surface area contributed by atoms with Gasteiger partial charge in [0.25, 0.3) is 0 Å². The SMILES string of the molecule is Nc1nc(=O)n([C@@H]2O[C@H](COP(=O)([O-])[O-])[C@@H](O)[C@H]2O)cc1C(=O)[O-].[Na+].[Na+].[Na+]. The van der Waals surface area contributed by atoms with Crippen LogP contribution < -0.4 is 115 Å². The molecular weight excluding hydrogens is 422 g/mol. The van der Waals surface area contributed by atoms with Crippen LogP contribution in [0.1, 0.15) is 16.6 Å². The van der Waals surface area contributed by atoms with Gasteiger partial charge in [0.15, 0.2) is 6.23 Å². The summed E-state index contributed by atoms with van der Waals surface area (Å²) in [7, 11) is -5.35. The fourth-order valence-electron chi connectivity index (χ4n) is 2.08. The number of nitrogens with zero attached hydrogens (tertiary/aromatic N) is 2. The number of aromatic nitrogens is 2. The van der Waals surface area contributed by atoms with Crippen LogP contribution in [0, 0.1) is 0 Å². The van der Waals surface area contributed by atoms with Crippen molar-refractivity contribution in [3.05, 3.63) is 22.2 Å². The van der Waals surface area contributed by atoms with Gasteiger partial charge < -0.3 is 49.5 Å². The van der Waals surface area contributed by atoms with Gasteiger partial charge >= 0.3 is 94.4 Å². The first-order valence-corrected chi connectivity index (χ1v) is 7.75. The average Bonchev–Trinajstić information content (AvgIpc) is 2.72. The van der Waals surface area contributed by atoms with E-state index in [-0.39, 0.29) is 88.7 Å². The molecule has 0 radical (unpaired) electrons. The van der Waals surface area contributed by atoms with Crippen LogP contribution in [0.15, 0.2) is 11.0 Å². The number of carboxylic acids is 1. The van der Waals surface area contributed by atoms with Crippen LogP contribution in [0.25, 0.3) is 0 Å². The third-order valence-electron chi connectivity index (χ3n) is 3.21. The molecule has 1 aromatic heterocycles. The van der Waals surface area contributed by atoms with Gasteiger partial charge in [-0.3, -0.25) is 4.57 Å². The van der Waals surface area contributed by atoms with Crippen LogP contribution in [0.3, 0.4) is 0 Å². The number of rotatable bonds is 5. The zero-order valence-electron chi connectivity index (χ0n) is 14.7. The van der Waals surface area contributed by atoms with E-state index in [1.165, 1.54) is 0 Å². The smallest absolute Gasteiger partial charge is 0.790 e. The van der Waals surface area contributed by atoms with Gasteiger partial charge in [-0.15, -0.1) is 0 Å². The number of aromatic carboxylic acids is 1. The molecule has 0 aliphatic carbocycles. The molecule has 1 fully saturated rings. The van der Waals surface area contributed by atoms with Gasteiger partial charge in [-0.05, 0) is 0 Å². The predicted molar refractivity (Wildman–Crippen MR) is 66.7 cm³/mol. The number of carbonyl (C=O) groups is 1. The maximum absolute atomic E-state index is 11.8. The van der Waals surface area contributed by atoms with Gasteiger partial charge in [-0.1, -0.05) is 0 Å². The minimum Gasteiger partial charge on any atom is -0.790 e. The van der Waals surface area contributed by atoms with Crippen molar-refractivity contribution in [2.24, 2.45) is 0 Å². The number of carboxylic acid groups (broad SMARTS) is 1. The Morgan fingerprint density at radius 1 is 1.33 bits per heavy atom. The Balaban J connectivity index is 0. The number of hydrogen-bond donors (Lipinski definition) is 3. The summed E-state index contributed by atoms with van der Waals surface area (Å²) in [5.41, 5.74) is 3.49. The van der Waals surface area contributed by atoms with Crippen molar-refractivity contribution >= 4 is 19.6 Å². The molecule has 134 valence electrons. The molecule has 1 aliphatic heterocycles. The Morgan fingerprint density at radius 2 is 1.89 bits per heavy atom. The molecule has 4 atom stereocenters. The first kappa shape index (κ1) is 30.3. The van der Waals surface area contributed by atoms with E-state index in [1.54, 1.807) is 0 Å². The molecular formula is C10H11N3Na3O10P. The van der Waals surface area contributed by atoms with E-state index in [9.17, 15) is 39.3 Å². The zero-order chi connectivity index (χ0) is 18.2. The number of anilines is 1. The predicted octanol–water partition coefficient (Wildman–Crippen LogP) is -14.3. The van der Waals surface area contributed by atoms with E-state index in [4.69, 9.17) is 10.5 Å². The molecule has 4 N–H and O–H groups in total. The number of aliphatic hydroxyl groups excluding tert-OH is 2. The first-order chi connectivity index (χ1) is 11.0. The molecule has 0 amide bonds. The van der Waals surface area contributed by atoms with E-state index >= 15 is 0 Å². The summed E-state index contributed by atoms with van der Waals surface area (Å²) < 4.78 is 20.0. The van der Waals surface area contributed by atoms with Crippen LogP contribution in [-0.4, -0.2) is 50.7 Å². The minimum absolute atomic E-state index is 0. The van der Waals surface area contributed by atoms with Crippen molar-refractivity contribution in [1.82, 2.24) is 9.55 Å². The number of nitrogen functional groups attached to an aromatic ring is 1. The van der Waals surface area contributed by atoms with Gasteiger partial charge in [0.2, 0.25) is 0 Å². The average molecular weight is 433 g/mol. The normalized spacial score (nSPS) is 24.3. The Hall–Kier alpha value is 1.14. The molecule has 2 heterocycles. The maximum atomic E-state index is 11.8. The van der Waals surface area contributed by atoms with Crippen molar-refractivity contribution in [2.75, 3.05) is 12.3 Å². The molecule has 0 aromatic carbocycles. The molecule has 0 spiro atoms. The van der Waals surface area contributed by atoms with E-state index < -0.39 is 62.0 Å². The maximum Gasteiger partial charge on any atom is 1.00 e. The topological polar surface area (TPSA) is 223 Å². The zero-order valence-corrected chi connectivity index (χ0v) is 21.6. The number of nitrogens with two attached hydrogens (primary N) is 1. The van der Waals surface area contributed by atoms with E-state index in [0.717, 1.165) is 0 Å². The Bertz CT molecular complexity index is 758. The van der Waals surface area contributed by atoms with Crippen LogP contribution >= 0.6 is 7.82 Å². The summed E-state index contributed by atoms with van der Waals surface area (Å²) in [6, 6.07) is 0. The summed E-state index contributed by atoms with van der Waals surface area (Å²) in [6.45, 7) is -0.913. The first-order valence-electron chi connectivity index (χ1n) is 6.29. The minimum atomic E-state index is -5.35. The van der Waals surface area contributed by atoms with Crippen LogP contribution in [-0.2, 0) is 13.8 Å². The van der Waals surface area contributed by atoms with Gasteiger partial charge in [-0.2, -0.15) is 4.98 Å². The summed E-state index contributed by atoms with van der Waals surface area (Å²) in [4.78, 5) is 46.8. The van der Waals surface area contributed by atoms with Crippen LogP contribution in [0.4, 0.5) is 5.82 Å². The molecule has 1 saturated heterocycles. The Kier molecular flexibility index (Phi) is 13.6. The molecule has 0 bridgehead atoms. The van der Waals surface area contributed by atoms with Crippen molar-refractivity contribution in [3.63, 3.8) is 0 Å². The van der Waals surface area contributed by atoms with Crippen molar-refractivity contribution in [3.8, 4) is 0 Å². The van der Waals surface area contributed by atoms with Crippen molar-refractivity contribution in [1.29, 1.82) is 0 Å². The molecule has 27 heavy (non-hydrogen) atoms. The largest absolute Gasteiger partial charge is 1.00 e. The number of ether oxygens (including phenoxy) is 1. The molecule has 17 heteroatoms. The van der Waals surface area contributed by atoms with Crippen LogP contribution in [0.5, 0.6) is 0 Å². The van der Waals surface area contributed by atoms with Crippen molar-refractivity contribution in [2.45, 2.75) is 24.5 Å². The summed E-state index contributed by atoms with van der Waals surface area (Å²) in [6.07, 6.45) is -5.90. The fourth-order valence-corrected chi connectivity index (χ4v) is 2.41. The van der Waals surface area contributed by atoms with Crippen LogP contribution in [0.2, 0.25) is 0 Å². The number of phosphoric acid groups is 1. The van der Waals surface area contributed by atoms with Gasteiger partial charge in [0, 0.05) is 6.20 Å². The van der Waals surface area contributed by atoms with Gasteiger partial charge in [-0.25, -0.2) is 4.79 Å². The molecule has 0 unspecified atom stereocenters. The Labute approximate surface area is 218 Å². The van der Waals surface area contributed by atoms with E-state index in [1.807, 2.05) is 0 Å². The number of hydrogen-bond acceptors (Lipinski definition) is 12. The molecule has 1 aliphatic rings. The summed E-state index contributed by atoms with van der Waals surface area (Å²) >= 11 is 0. The molecule has 13 nitrogen and oxygen atoms in total. The summed E-state index contributed by atoms with van der Waals surface area (Å²) in [5, 5.41) is 30.6. The second-order valence-electron chi connectivity index (χ2n) is 4.81. The number of carbonyl (C=O) groups excluding carboxylic acids is 1. The quantitative estimate of drug-likeness (QED) is 0.291. The van der Waals surface area contributed by atoms with Gasteiger partial charge in [0.1, 0.15) is 24.1 Å². The number of phosphoric ester groups is 1. The molecule has 2 rings (SSSR count). The second kappa shape index (κ2) is 12.1. The standard InChI is InChI=1S/C10H14N3O10P.3Na/c11-7-3(9(16)17)1-13(10(18)12-7)8-6(15)5(14)4(23-8)2-22-24(19,20)21;;;/h1,4-6,8,14-15H,2H2,(H,16,17)(H2,11,12,18)(H2,19,20,21);;;/q;3*+1/p-3/t4-,5-,6-,8-;;;/m1.../s1. The van der Waals surface area contributed by atoms with E-state index in [2.05, 4.69) is 9.51 Å². The third-order valence-corrected chi connectivity index (χ3v) is 3.67. The number of aliphatic hydroxyl groups is 2. The third kappa shape index (κ3) is 7.72.